The van der Waals surface area contributed by atoms with E-state index in [4.69, 9.17) is 0 Å². The van der Waals surface area contributed by atoms with Crippen LogP contribution in [0.1, 0.15) is 38.2 Å². The Labute approximate surface area is 99.3 Å². The molecule has 1 heterocycles. The largest absolute Gasteiger partial charge is 0.320 e. The molecule has 2 nitrogen and oxygen atoms in total. The molecule has 1 aromatic heterocycles. The van der Waals surface area contributed by atoms with Gasteiger partial charge in [-0.15, -0.1) is 0 Å². The van der Waals surface area contributed by atoms with Crippen LogP contribution in [-0.2, 0) is 5.92 Å². The predicted molar refractivity (Wildman–Crippen MR) is 64.4 cm³/mol. The minimum atomic E-state index is -2.92. The Kier molecular flexibility index (Phi) is 2.68. The number of aryl methyl sites for hydroxylation is 1. The quantitative estimate of drug-likeness (QED) is 0.772. The van der Waals surface area contributed by atoms with Crippen molar-refractivity contribution in [1.82, 2.24) is 9.55 Å². The van der Waals surface area contributed by atoms with Crippen LogP contribution in [0.5, 0.6) is 0 Å². The Morgan fingerprint density at radius 2 is 1.94 bits per heavy atom. The van der Waals surface area contributed by atoms with Gasteiger partial charge in [0.1, 0.15) is 0 Å². The fraction of sp³-hybridized carbons (Fsp3) is 0.462. The van der Waals surface area contributed by atoms with Crippen molar-refractivity contribution in [1.29, 1.82) is 0 Å². The van der Waals surface area contributed by atoms with E-state index in [0.717, 1.165) is 18.0 Å². The van der Waals surface area contributed by atoms with E-state index in [2.05, 4.69) is 4.98 Å². The Balaban J connectivity index is 2.80. The second-order valence-electron chi connectivity index (χ2n) is 4.78. The fourth-order valence-corrected chi connectivity index (χ4v) is 2.04. The highest BCUT2D eigenvalue weighted by Gasteiger charge is 2.32. The molecule has 0 fully saturated rings. The first-order chi connectivity index (χ1) is 7.80. The number of rotatable bonds is 2. The lowest BCUT2D eigenvalue weighted by Crippen LogP contribution is -2.17. The molecular weight excluding hydrogens is 222 g/mol. The Morgan fingerprint density at radius 1 is 1.29 bits per heavy atom. The molecule has 0 saturated carbocycles. The molecule has 1 aromatic carbocycles. The number of alkyl halides is 2. The normalized spacial score (nSPS) is 12.6. The Bertz CT molecular complexity index is 550. The van der Waals surface area contributed by atoms with Crippen LogP contribution in [-0.4, -0.2) is 9.55 Å². The Morgan fingerprint density at radius 3 is 2.47 bits per heavy atom. The number of benzene rings is 1. The van der Waals surface area contributed by atoms with Gasteiger partial charge in [0.2, 0.25) is 0 Å². The van der Waals surface area contributed by atoms with Gasteiger partial charge >= 0.3 is 5.92 Å². The summed E-state index contributed by atoms with van der Waals surface area (Å²) in [6.45, 7) is 6.59. The van der Waals surface area contributed by atoms with Gasteiger partial charge in [0.25, 0.3) is 0 Å². The van der Waals surface area contributed by atoms with Gasteiger partial charge in [-0.25, -0.2) is 4.98 Å². The number of hydrogen-bond donors (Lipinski definition) is 0. The van der Waals surface area contributed by atoms with Gasteiger partial charge in [-0.3, -0.25) is 0 Å². The topological polar surface area (TPSA) is 17.8 Å². The molecule has 0 radical (unpaired) electrons. The van der Waals surface area contributed by atoms with E-state index >= 15 is 0 Å². The van der Waals surface area contributed by atoms with Gasteiger partial charge in [0.15, 0.2) is 5.82 Å². The van der Waals surface area contributed by atoms with Crippen LogP contribution in [0.4, 0.5) is 8.78 Å². The Hall–Kier alpha value is -1.45. The van der Waals surface area contributed by atoms with Crippen molar-refractivity contribution in [3.8, 4) is 0 Å². The molecule has 92 valence electrons. The van der Waals surface area contributed by atoms with Crippen molar-refractivity contribution >= 4 is 11.0 Å². The first-order valence-corrected chi connectivity index (χ1v) is 5.67. The van der Waals surface area contributed by atoms with E-state index in [1.807, 2.05) is 39.0 Å². The molecule has 4 heteroatoms. The molecular formula is C13H16F2N2. The maximum atomic E-state index is 13.5. The second kappa shape index (κ2) is 3.79. The van der Waals surface area contributed by atoms with Gasteiger partial charge < -0.3 is 4.57 Å². The molecule has 0 amide bonds. The molecule has 0 aliphatic rings. The third kappa shape index (κ3) is 2.04. The van der Waals surface area contributed by atoms with Crippen molar-refractivity contribution in [3.05, 3.63) is 29.6 Å². The molecule has 0 saturated heterocycles. The number of hydrogen-bond acceptors (Lipinski definition) is 1. The average Bonchev–Trinajstić information content (AvgIpc) is 2.55. The summed E-state index contributed by atoms with van der Waals surface area (Å²) in [6.07, 6.45) is 0. The fourth-order valence-electron chi connectivity index (χ4n) is 2.04. The van der Waals surface area contributed by atoms with Crippen molar-refractivity contribution < 1.29 is 8.78 Å². The zero-order valence-electron chi connectivity index (χ0n) is 10.5. The zero-order chi connectivity index (χ0) is 12.8. The standard InChI is InChI=1S/C13H16F2N2/c1-8(2)17-11-6-5-9(3)7-10(11)16-12(17)13(4,14)15/h5-8H,1-4H3. The molecule has 0 unspecified atom stereocenters. The van der Waals surface area contributed by atoms with E-state index in [-0.39, 0.29) is 11.9 Å². The number of aromatic nitrogens is 2. The van der Waals surface area contributed by atoms with E-state index in [1.165, 1.54) is 0 Å². The van der Waals surface area contributed by atoms with Crippen molar-refractivity contribution in [2.24, 2.45) is 0 Å². The molecule has 2 rings (SSSR count). The predicted octanol–water partition coefficient (Wildman–Crippen LogP) is 4.04. The molecule has 0 spiro atoms. The van der Waals surface area contributed by atoms with Gasteiger partial charge in [0, 0.05) is 13.0 Å². The molecule has 0 bridgehead atoms. The van der Waals surface area contributed by atoms with Crippen LogP contribution in [0.2, 0.25) is 0 Å². The van der Waals surface area contributed by atoms with Crippen molar-refractivity contribution in [2.45, 2.75) is 39.7 Å². The summed E-state index contributed by atoms with van der Waals surface area (Å²) >= 11 is 0. The zero-order valence-corrected chi connectivity index (χ0v) is 10.5. The maximum absolute atomic E-state index is 13.5. The van der Waals surface area contributed by atoms with Crippen LogP contribution >= 0.6 is 0 Å². The van der Waals surface area contributed by atoms with E-state index in [9.17, 15) is 8.78 Å². The summed E-state index contributed by atoms with van der Waals surface area (Å²) in [5, 5.41) is 0. The maximum Gasteiger partial charge on any atom is 0.302 e. The number of imidazole rings is 1. The van der Waals surface area contributed by atoms with Crippen LogP contribution < -0.4 is 0 Å². The SMILES string of the molecule is Cc1ccc2c(c1)nc(C(C)(F)F)n2C(C)C. The lowest BCUT2D eigenvalue weighted by molar-refractivity contribution is 0.00368. The van der Waals surface area contributed by atoms with Crippen molar-refractivity contribution in [3.63, 3.8) is 0 Å². The highest BCUT2D eigenvalue weighted by atomic mass is 19.3. The summed E-state index contributed by atoms with van der Waals surface area (Å²) in [6, 6.07) is 5.57. The van der Waals surface area contributed by atoms with Gasteiger partial charge in [-0.05, 0) is 38.5 Å². The smallest absolute Gasteiger partial charge is 0.302 e. The van der Waals surface area contributed by atoms with Gasteiger partial charge in [-0.2, -0.15) is 8.78 Å². The minimum Gasteiger partial charge on any atom is -0.320 e. The summed E-state index contributed by atoms with van der Waals surface area (Å²) in [7, 11) is 0. The van der Waals surface area contributed by atoms with E-state index in [1.54, 1.807) is 4.57 Å². The molecule has 0 atom stereocenters. The number of halogens is 2. The first-order valence-electron chi connectivity index (χ1n) is 5.67. The lowest BCUT2D eigenvalue weighted by Gasteiger charge is -2.16. The summed E-state index contributed by atoms with van der Waals surface area (Å²) < 4.78 is 28.7. The molecule has 0 N–H and O–H groups in total. The van der Waals surface area contributed by atoms with Crippen LogP contribution in [0.3, 0.4) is 0 Å². The third-order valence-electron chi connectivity index (χ3n) is 2.75. The number of fused-ring (bicyclic) bond motifs is 1. The van der Waals surface area contributed by atoms with Crippen LogP contribution in [0.15, 0.2) is 18.2 Å². The van der Waals surface area contributed by atoms with Crippen molar-refractivity contribution in [2.75, 3.05) is 0 Å². The molecule has 0 aliphatic carbocycles. The number of nitrogens with zero attached hydrogens (tertiary/aromatic N) is 2. The summed E-state index contributed by atoms with van der Waals surface area (Å²) in [4.78, 5) is 4.08. The molecule has 0 aliphatic heterocycles. The highest BCUT2D eigenvalue weighted by Crippen LogP contribution is 2.32. The van der Waals surface area contributed by atoms with E-state index in [0.29, 0.717) is 5.52 Å². The lowest BCUT2D eigenvalue weighted by atomic mass is 10.2. The monoisotopic (exact) mass is 238 g/mol. The average molecular weight is 238 g/mol. The van der Waals surface area contributed by atoms with E-state index < -0.39 is 5.92 Å². The highest BCUT2D eigenvalue weighted by molar-refractivity contribution is 5.77. The van der Waals surface area contributed by atoms with Crippen LogP contribution in [0, 0.1) is 6.92 Å². The molecule has 17 heavy (non-hydrogen) atoms. The van der Waals surface area contributed by atoms with Gasteiger partial charge in [0.05, 0.1) is 11.0 Å². The minimum absolute atomic E-state index is 0.0384. The van der Waals surface area contributed by atoms with Crippen LogP contribution in [0.25, 0.3) is 11.0 Å². The van der Waals surface area contributed by atoms with Gasteiger partial charge in [-0.1, -0.05) is 6.07 Å². The third-order valence-corrected chi connectivity index (χ3v) is 2.75. The molecule has 2 aromatic rings. The first kappa shape index (κ1) is 12.0. The second-order valence-corrected chi connectivity index (χ2v) is 4.78. The summed E-state index contributed by atoms with van der Waals surface area (Å²) in [5.41, 5.74) is 2.43. The summed E-state index contributed by atoms with van der Waals surface area (Å²) in [5.74, 6) is -3.08.